The number of nitrogens with two attached hydrogens (primary N) is 1. The van der Waals surface area contributed by atoms with Crippen molar-refractivity contribution in [2.24, 2.45) is 24.6 Å². The summed E-state index contributed by atoms with van der Waals surface area (Å²) in [5, 5.41) is 10.8. The molecule has 1 aliphatic heterocycles. The maximum atomic E-state index is 14.4. The first-order valence-electron chi connectivity index (χ1n) is 15.0. The second-order valence-corrected chi connectivity index (χ2v) is 12.0. The number of nitrogens with zero attached hydrogens (tertiary/aromatic N) is 4. The number of carbonyl (C=O) groups is 1. The average Bonchev–Trinajstić information content (AvgIpc) is 3.69. The van der Waals surface area contributed by atoms with Crippen molar-refractivity contribution in [3.63, 3.8) is 0 Å². The molecule has 0 bridgehead atoms. The van der Waals surface area contributed by atoms with Crippen LogP contribution in [-0.4, -0.2) is 56.8 Å². The van der Waals surface area contributed by atoms with Crippen molar-refractivity contribution in [1.82, 2.24) is 19.0 Å². The summed E-state index contributed by atoms with van der Waals surface area (Å²) in [5.41, 5.74) is 11.5. The topological polar surface area (TPSA) is 98.5 Å². The van der Waals surface area contributed by atoms with Gasteiger partial charge >= 0.3 is 0 Å². The van der Waals surface area contributed by atoms with Crippen molar-refractivity contribution in [1.29, 1.82) is 0 Å². The van der Waals surface area contributed by atoms with Crippen LogP contribution in [0.2, 0.25) is 0 Å². The van der Waals surface area contributed by atoms with Crippen molar-refractivity contribution in [2.75, 3.05) is 26.7 Å². The number of halogens is 1. The molecule has 222 valence electrons. The van der Waals surface area contributed by atoms with Gasteiger partial charge in [0.2, 0.25) is 0 Å². The molecule has 1 aliphatic carbocycles. The Morgan fingerprint density at radius 2 is 1.93 bits per heavy atom. The van der Waals surface area contributed by atoms with Crippen LogP contribution in [0, 0.1) is 17.7 Å². The van der Waals surface area contributed by atoms with Crippen LogP contribution in [0.25, 0.3) is 44.6 Å². The molecule has 3 heterocycles. The largest absolute Gasteiger partial charge is 0.505 e. The third-order valence-electron chi connectivity index (χ3n) is 9.09. The monoisotopic (exact) mass is 581 g/mol. The molecule has 7 rings (SSSR count). The summed E-state index contributed by atoms with van der Waals surface area (Å²) < 4.78 is 24.6. The van der Waals surface area contributed by atoms with E-state index < -0.39 is 5.82 Å². The van der Waals surface area contributed by atoms with E-state index >= 15 is 0 Å². The second kappa shape index (κ2) is 10.7. The minimum Gasteiger partial charge on any atom is -0.505 e. The molecule has 1 amide bonds. The Morgan fingerprint density at radius 3 is 2.67 bits per heavy atom. The highest BCUT2D eigenvalue weighted by Gasteiger charge is 2.29. The van der Waals surface area contributed by atoms with E-state index in [0.717, 1.165) is 59.4 Å². The lowest BCUT2D eigenvalue weighted by molar-refractivity contribution is 0.0678. The number of rotatable bonds is 7. The lowest BCUT2D eigenvalue weighted by Gasteiger charge is -2.32. The molecule has 1 saturated heterocycles. The summed E-state index contributed by atoms with van der Waals surface area (Å²) in [6.07, 6.45) is 4.33. The summed E-state index contributed by atoms with van der Waals surface area (Å²) in [6, 6.07) is 16.4. The minimum absolute atomic E-state index is 0.0285. The van der Waals surface area contributed by atoms with Gasteiger partial charge in [0.15, 0.2) is 17.4 Å². The van der Waals surface area contributed by atoms with E-state index in [4.69, 9.17) is 15.5 Å². The Hall–Kier alpha value is -4.37. The first-order chi connectivity index (χ1) is 20.9. The summed E-state index contributed by atoms with van der Waals surface area (Å²) in [4.78, 5) is 20.6. The van der Waals surface area contributed by atoms with Crippen LogP contribution in [-0.2, 0) is 13.6 Å². The number of amides is 1. The number of phenols is 1. The zero-order valence-electron chi connectivity index (χ0n) is 24.5. The zero-order chi connectivity index (χ0) is 29.8. The fourth-order valence-electron chi connectivity index (χ4n) is 6.61. The fraction of sp³-hybridized carbons (Fsp3) is 0.353. The third kappa shape index (κ3) is 4.81. The molecule has 0 spiro atoms. The number of benzene rings is 3. The molecule has 3 N–H and O–H groups in total. The SMILES string of the molecule is COc1cc(C(=O)N2CCC[C@@H](CN)C2)cc2nc(-c3cc4cccc(-c5ccc(O)c(F)c5)c4n3CC3CC3)n(C)c12. The highest BCUT2D eigenvalue weighted by Crippen LogP contribution is 2.41. The molecule has 43 heavy (non-hydrogen) atoms. The predicted octanol–water partition coefficient (Wildman–Crippen LogP) is 5.94. The van der Waals surface area contributed by atoms with Crippen LogP contribution in [0.4, 0.5) is 4.39 Å². The Kier molecular flexibility index (Phi) is 6.85. The number of para-hydroxylation sites is 1. The number of hydrogen-bond donors (Lipinski definition) is 2. The third-order valence-corrected chi connectivity index (χ3v) is 9.09. The number of aromatic nitrogens is 3. The maximum absolute atomic E-state index is 14.4. The normalized spacial score (nSPS) is 17.2. The lowest BCUT2D eigenvalue weighted by Crippen LogP contribution is -2.42. The standard InChI is InChI=1S/C34H36FN5O3/c1-38-32-27(14-24(16-30(32)43-2)34(42)39-12-4-5-21(17-36)18-39)37-33(38)28-15-23-6-3-7-25(22-10-11-29(41)26(35)13-22)31(23)40(28)19-20-8-9-20/h3,6-7,10-11,13-16,20-21,41H,4-5,8-9,12,17-19,36H2,1-2H3/t21-/m0/s1. The molecule has 8 nitrogen and oxygen atoms in total. The van der Waals surface area contributed by atoms with Crippen LogP contribution < -0.4 is 10.5 Å². The van der Waals surface area contributed by atoms with Crippen LogP contribution in [0.1, 0.15) is 36.0 Å². The number of aryl methyl sites for hydroxylation is 1. The molecule has 2 fully saturated rings. The van der Waals surface area contributed by atoms with Crippen LogP contribution >= 0.6 is 0 Å². The molecular formula is C34H36FN5O3. The number of carbonyl (C=O) groups excluding carboxylic acids is 1. The fourth-order valence-corrected chi connectivity index (χ4v) is 6.61. The van der Waals surface area contributed by atoms with E-state index in [0.29, 0.717) is 47.3 Å². The molecule has 0 unspecified atom stereocenters. The van der Waals surface area contributed by atoms with E-state index in [1.807, 2.05) is 40.8 Å². The molecule has 1 saturated carbocycles. The van der Waals surface area contributed by atoms with Crippen LogP contribution in [0.15, 0.2) is 54.6 Å². The van der Waals surface area contributed by atoms with Gasteiger partial charge < -0.3 is 29.6 Å². The first kappa shape index (κ1) is 27.5. The number of piperidine rings is 1. The smallest absolute Gasteiger partial charge is 0.254 e. The molecule has 2 aliphatic rings. The van der Waals surface area contributed by atoms with Gasteiger partial charge in [0.1, 0.15) is 11.3 Å². The molecule has 3 aromatic carbocycles. The summed E-state index contributed by atoms with van der Waals surface area (Å²) >= 11 is 0. The summed E-state index contributed by atoms with van der Waals surface area (Å²) in [5.74, 6) is 1.20. The molecule has 1 atom stereocenters. The Labute approximate surface area is 249 Å². The van der Waals surface area contributed by atoms with Gasteiger partial charge in [-0.25, -0.2) is 9.37 Å². The van der Waals surface area contributed by atoms with Crippen molar-refractivity contribution in [3.8, 4) is 34.1 Å². The highest BCUT2D eigenvalue weighted by molar-refractivity contribution is 6.01. The molecular weight excluding hydrogens is 545 g/mol. The number of likely N-dealkylation sites (tertiary alicyclic amines) is 1. The minimum atomic E-state index is -0.647. The van der Waals surface area contributed by atoms with Gasteiger partial charge in [-0.1, -0.05) is 24.3 Å². The van der Waals surface area contributed by atoms with Gasteiger partial charge in [0.05, 0.1) is 23.8 Å². The Balaban J connectivity index is 1.37. The lowest BCUT2D eigenvalue weighted by atomic mass is 9.97. The number of fused-ring (bicyclic) bond motifs is 2. The van der Waals surface area contributed by atoms with Crippen molar-refractivity contribution >= 4 is 27.8 Å². The maximum Gasteiger partial charge on any atom is 0.254 e. The zero-order valence-corrected chi connectivity index (χ0v) is 24.5. The van der Waals surface area contributed by atoms with Crippen LogP contribution in [0.3, 0.4) is 0 Å². The van der Waals surface area contributed by atoms with Crippen molar-refractivity contribution in [3.05, 3.63) is 66.0 Å². The van der Waals surface area contributed by atoms with Gasteiger partial charge in [0.25, 0.3) is 5.91 Å². The summed E-state index contributed by atoms with van der Waals surface area (Å²) in [7, 11) is 3.59. The van der Waals surface area contributed by atoms with Crippen molar-refractivity contribution < 1.29 is 19.0 Å². The van der Waals surface area contributed by atoms with Gasteiger partial charge in [0, 0.05) is 43.2 Å². The van der Waals surface area contributed by atoms with E-state index in [1.165, 1.54) is 25.0 Å². The summed E-state index contributed by atoms with van der Waals surface area (Å²) in [6.45, 7) is 2.78. The van der Waals surface area contributed by atoms with E-state index in [2.05, 4.69) is 16.7 Å². The van der Waals surface area contributed by atoms with Gasteiger partial charge in [-0.15, -0.1) is 0 Å². The number of hydrogen-bond acceptors (Lipinski definition) is 5. The molecule has 2 aromatic heterocycles. The van der Waals surface area contributed by atoms with E-state index in [1.54, 1.807) is 13.2 Å². The predicted molar refractivity (Wildman–Crippen MR) is 166 cm³/mol. The van der Waals surface area contributed by atoms with Crippen LogP contribution in [0.5, 0.6) is 11.5 Å². The second-order valence-electron chi connectivity index (χ2n) is 12.0. The molecule has 9 heteroatoms. The first-order valence-corrected chi connectivity index (χ1v) is 15.0. The number of phenolic OH excluding ortho intramolecular Hbond substituents is 1. The molecule has 5 aromatic rings. The van der Waals surface area contributed by atoms with E-state index in [9.17, 15) is 14.3 Å². The number of aromatic hydroxyl groups is 1. The van der Waals surface area contributed by atoms with Gasteiger partial charge in [-0.3, -0.25) is 4.79 Å². The highest BCUT2D eigenvalue weighted by atomic mass is 19.1. The Morgan fingerprint density at radius 1 is 1.09 bits per heavy atom. The molecule has 0 radical (unpaired) electrons. The number of imidazole rings is 1. The Bertz CT molecular complexity index is 1870. The van der Waals surface area contributed by atoms with Gasteiger partial charge in [-0.05, 0) is 80.0 Å². The quantitative estimate of drug-likeness (QED) is 0.248. The van der Waals surface area contributed by atoms with Crippen molar-refractivity contribution in [2.45, 2.75) is 32.2 Å². The van der Waals surface area contributed by atoms with Gasteiger partial charge in [-0.2, -0.15) is 0 Å². The average molecular weight is 582 g/mol. The number of ether oxygens (including phenoxy) is 1. The van der Waals surface area contributed by atoms with E-state index in [-0.39, 0.29) is 11.7 Å². The number of methoxy groups -OCH3 is 1.